The summed E-state index contributed by atoms with van der Waals surface area (Å²) >= 11 is 0. The van der Waals surface area contributed by atoms with Gasteiger partial charge in [-0.1, -0.05) is 12.1 Å². The fourth-order valence-corrected chi connectivity index (χ4v) is 2.91. The summed E-state index contributed by atoms with van der Waals surface area (Å²) < 4.78 is 36.8. The third-order valence-corrected chi connectivity index (χ3v) is 4.24. The Balaban J connectivity index is 2.02. The number of nitrogens with one attached hydrogen (secondary N) is 1. The van der Waals surface area contributed by atoms with Gasteiger partial charge in [0.25, 0.3) is 0 Å². The molecular formula is C14H17NO4S. The molecule has 6 heteroatoms. The molecule has 2 rings (SSSR count). The van der Waals surface area contributed by atoms with Crippen LogP contribution in [0.3, 0.4) is 0 Å². The zero-order valence-electron chi connectivity index (χ0n) is 11.4. The zero-order valence-corrected chi connectivity index (χ0v) is 12.2. The molecule has 0 atom stereocenters. The average molecular weight is 295 g/mol. The van der Waals surface area contributed by atoms with Gasteiger partial charge in [0.05, 0.1) is 19.1 Å². The molecule has 1 aromatic carbocycles. The van der Waals surface area contributed by atoms with E-state index in [4.69, 9.17) is 9.15 Å². The van der Waals surface area contributed by atoms with Crippen LogP contribution in [0.15, 0.2) is 41.0 Å². The molecular weight excluding hydrogens is 278 g/mol. The lowest BCUT2D eigenvalue weighted by molar-refractivity contribution is 0.414. The van der Waals surface area contributed by atoms with Gasteiger partial charge in [0.2, 0.25) is 10.0 Å². The molecule has 0 aliphatic rings. The Morgan fingerprint density at radius 2 is 2.10 bits per heavy atom. The molecule has 0 saturated heterocycles. The topological polar surface area (TPSA) is 68.5 Å². The van der Waals surface area contributed by atoms with Gasteiger partial charge in [-0.3, -0.25) is 0 Å². The van der Waals surface area contributed by atoms with E-state index in [9.17, 15) is 8.42 Å². The molecule has 20 heavy (non-hydrogen) atoms. The maximum atomic E-state index is 12.0. The first-order valence-electron chi connectivity index (χ1n) is 6.13. The average Bonchev–Trinajstić information content (AvgIpc) is 2.82. The van der Waals surface area contributed by atoms with Crippen LogP contribution in [0, 0.1) is 6.92 Å². The van der Waals surface area contributed by atoms with E-state index < -0.39 is 10.0 Å². The van der Waals surface area contributed by atoms with Crippen LogP contribution in [0.25, 0.3) is 0 Å². The number of hydrogen-bond acceptors (Lipinski definition) is 4. The minimum Gasteiger partial charge on any atom is -0.497 e. The summed E-state index contributed by atoms with van der Waals surface area (Å²) in [6.07, 6.45) is 1.54. The fraction of sp³-hybridized carbons (Fsp3) is 0.286. The van der Waals surface area contributed by atoms with E-state index in [-0.39, 0.29) is 12.3 Å². The molecule has 1 aromatic heterocycles. The Bertz CT molecular complexity index is 676. The lowest BCUT2D eigenvalue weighted by atomic mass is 10.2. The highest BCUT2D eigenvalue weighted by molar-refractivity contribution is 7.88. The highest BCUT2D eigenvalue weighted by Crippen LogP contribution is 2.15. The maximum Gasteiger partial charge on any atom is 0.216 e. The quantitative estimate of drug-likeness (QED) is 0.887. The third kappa shape index (κ3) is 3.85. The van der Waals surface area contributed by atoms with Crippen molar-refractivity contribution in [3.8, 4) is 5.75 Å². The van der Waals surface area contributed by atoms with E-state index in [0.29, 0.717) is 17.1 Å². The van der Waals surface area contributed by atoms with Crippen molar-refractivity contribution >= 4 is 10.0 Å². The molecule has 0 radical (unpaired) electrons. The number of methoxy groups -OCH3 is 1. The standard InChI is InChI=1S/C14H17NO4S/c1-11-13(6-7-19-11)9-15-20(16,17)10-12-4-3-5-14(8-12)18-2/h3-8,15H,9-10H2,1-2H3. The Labute approximate surface area is 118 Å². The number of sulfonamides is 1. The van der Waals surface area contributed by atoms with E-state index in [1.807, 2.05) is 0 Å². The van der Waals surface area contributed by atoms with Crippen LogP contribution in [-0.4, -0.2) is 15.5 Å². The van der Waals surface area contributed by atoms with E-state index in [2.05, 4.69) is 4.72 Å². The number of hydrogen-bond donors (Lipinski definition) is 1. The molecule has 0 aliphatic carbocycles. The van der Waals surface area contributed by atoms with Gasteiger partial charge in [-0.2, -0.15) is 0 Å². The number of rotatable bonds is 6. The van der Waals surface area contributed by atoms with Gasteiger partial charge in [0.15, 0.2) is 0 Å². The van der Waals surface area contributed by atoms with E-state index in [1.165, 1.54) is 0 Å². The molecule has 0 fully saturated rings. The van der Waals surface area contributed by atoms with Gasteiger partial charge < -0.3 is 9.15 Å². The van der Waals surface area contributed by atoms with Gasteiger partial charge in [-0.25, -0.2) is 13.1 Å². The van der Waals surface area contributed by atoms with E-state index >= 15 is 0 Å². The first-order chi connectivity index (χ1) is 9.50. The Morgan fingerprint density at radius 1 is 1.30 bits per heavy atom. The Morgan fingerprint density at radius 3 is 2.75 bits per heavy atom. The Kier molecular flexibility index (Phi) is 4.46. The molecule has 0 amide bonds. The van der Waals surface area contributed by atoms with Crippen LogP contribution in [0.4, 0.5) is 0 Å². The summed E-state index contributed by atoms with van der Waals surface area (Å²) in [5.41, 5.74) is 1.51. The van der Waals surface area contributed by atoms with Crippen molar-refractivity contribution in [2.75, 3.05) is 7.11 Å². The molecule has 0 unspecified atom stereocenters. The molecule has 0 aliphatic heterocycles. The lowest BCUT2D eigenvalue weighted by Gasteiger charge is -2.07. The minimum atomic E-state index is -3.40. The van der Waals surface area contributed by atoms with Crippen molar-refractivity contribution in [2.45, 2.75) is 19.2 Å². The molecule has 5 nitrogen and oxygen atoms in total. The predicted octanol–water partition coefficient (Wildman–Crippen LogP) is 2.22. The van der Waals surface area contributed by atoms with E-state index in [0.717, 1.165) is 5.56 Å². The number of benzene rings is 1. The summed E-state index contributed by atoms with van der Waals surface area (Å²) in [6, 6.07) is 8.76. The predicted molar refractivity (Wildman–Crippen MR) is 75.9 cm³/mol. The van der Waals surface area contributed by atoms with Crippen molar-refractivity contribution in [1.82, 2.24) is 4.72 Å². The van der Waals surface area contributed by atoms with Gasteiger partial charge in [0, 0.05) is 12.1 Å². The summed E-state index contributed by atoms with van der Waals surface area (Å²) in [7, 11) is -1.85. The lowest BCUT2D eigenvalue weighted by Crippen LogP contribution is -2.24. The van der Waals surface area contributed by atoms with Crippen molar-refractivity contribution in [3.63, 3.8) is 0 Å². The van der Waals surface area contributed by atoms with Gasteiger partial charge in [0.1, 0.15) is 11.5 Å². The second-order valence-electron chi connectivity index (χ2n) is 4.43. The molecule has 0 bridgehead atoms. The smallest absolute Gasteiger partial charge is 0.216 e. The first kappa shape index (κ1) is 14.6. The van der Waals surface area contributed by atoms with E-state index in [1.54, 1.807) is 50.6 Å². The maximum absolute atomic E-state index is 12.0. The highest BCUT2D eigenvalue weighted by atomic mass is 32.2. The van der Waals surface area contributed by atoms with Crippen LogP contribution in [0.5, 0.6) is 5.75 Å². The molecule has 1 heterocycles. The molecule has 0 saturated carbocycles. The van der Waals surface area contributed by atoms with Crippen LogP contribution in [0.2, 0.25) is 0 Å². The first-order valence-corrected chi connectivity index (χ1v) is 7.78. The van der Waals surface area contributed by atoms with Crippen molar-refractivity contribution < 1.29 is 17.6 Å². The number of aryl methyl sites for hydroxylation is 1. The number of furan rings is 1. The second-order valence-corrected chi connectivity index (χ2v) is 6.24. The minimum absolute atomic E-state index is 0.0822. The summed E-state index contributed by atoms with van der Waals surface area (Å²) in [4.78, 5) is 0. The number of ether oxygens (including phenoxy) is 1. The molecule has 2 aromatic rings. The SMILES string of the molecule is COc1cccc(CS(=O)(=O)NCc2ccoc2C)c1. The van der Waals surface area contributed by atoms with Crippen LogP contribution in [0.1, 0.15) is 16.9 Å². The molecule has 1 N–H and O–H groups in total. The van der Waals surface area contributed by atoms with Crippen molar-refractivity contribution in [3.05, 3.63) is 53.5 Å². The molecule has 0 spiro atoms. The summed E-state index contributed by atoms with van der Waals surface area (Å²) in [5.74, 6) is 1.28. The van der Waals surface area contributed by atoms with Crippen LogP contribution >= 0.6 is 0 Å². The normalized spacial score (nSPS) is 11.5. The van der Waals surface area contributed by atoms with Crippen molar-refractivity contribution in [1.29, 1.82) is 0 Å². The fourth-order valence-electron chi connectivity index (χ4n) is 1.82. The van der Waals surface area contributed by atoms with Crippen LogP contribution < -0.4 is 9.46 Å². The largest absolute Gasteiger partial charge is 0.497 e. The molecule has 108 valence electrons. The third-order valence-electron chi connectivity index (χ3n) is 2.94. The monoisotopic (exact) mass is 295 g/mol. The second kappa shape index (κ2) is 6.11. The summed E-state index contributed by atoms with van der Waals surface area (Å²) in [6.45, 7) is 2.03. The van der Waals surface area contributed by atoms with Gasteiger partial charge >= 0.3 is 0 Å². The zero-order chi connectivity index (χ0) is 14.6. The van der Waals surface area contributed by atoms with Gasteiger partial charge in [-0.15, -0.1) is 0 Å². The highest BCUT2D eigenvalue weighted by Gasteiger charge is 2.13. The Hall–Kier alpha value is -1.79. The summed E-state index contributed by atoms with van der Waals surface area (Å²) in [5, 5.41) is 0. The van der Waals surface area contributed by atoms with Gasteiger partial charge in [-0.05, 0) is 30.7 Å². The van der Waals surface area contributed by atoms with Crippen molar-refractivity contribution in [2.24, 2.45) is 0 Å². The van der Waals surface area contributed by atoms with Crippen LogP contribution in [-0.2, 0) is 22.3 Å².